The van der Waals surface area contributed by atoms with E-state index in [0.29, 0.717) is 0 Å². The minimum atomic E-state index is -4.48. The lowest BCUT2D eigenvalue weighted by Gasteiger charge is -2.20. The van der Waals surface area contributed by atoms with Crippen molar-refractivity contribution in [3.63, 3.8) is 0 Å². The molecular weight excluding hydrogens is 231 g/mol. The van der Waals surface area contributed by atoms with E-state index in [9.17, 15) is 23.1 Å². The maximum atomic E-state index is 11.6. The molecule has 8 heteroatoms. The number of rotatable bonds is 6. The maximum Gasteiger partial charge on any atom is 0.411 e. The fourth-order valence-electron chi connectivity index (χ4n) is 0.655. The van der Waals surface area contributed by atoms with Gasteiger partial charge in [-0.05, 0) is 6.92 Å². The van der Waals surface area contributed by atoms with E-state index in [4.69, 9.17) is 5.11 Å². The molecular formula is C8H14F3NO4. The van der Waals surface area contributed by atoms with Crippen LogP contribution in [0.25, 0.3) is 0 Å². The molecule has 0 heterocycles. The first-order valence-electron chi connectivity index (χ1n) is 4.41. The molecule has 0 rings (SSSR count). The monoisotopic (exact) mass is 245 g/mol. The van der Waals surface area contributed by atoms with Crippen LogP contribution < -0.4 is 5.32 Å². The van der Waals surface area contributed by atoms with Crippen LogP contribution in [0.4, 0.5) is 13.2 Å². The van der Waals surface area contributed by atoms with Crippen molar-refractivity contribution in [2.75, 3.05) is 26.4 Å². The van der Waals surface area contributed by atoms with Crippen LogP contribution in [0.5, 0.6) is 0 Å². The Kier molecular flexibility index (Phi) is 5.70. The van der Waals surface area contributed by atoms with Gasteiger partial charge in [-0.3, -0.25) is 4.79 Å². The van der Waals surface area contributed by atoms with E-state index in [1.54, 1.807) is 0 Å². The molecule has 0 aliphatic rings. The maximum absolute atomic E-state index is 11.6. The van der Waals surface area contributed by atoms with Gasteiger partial charge in [0, 0.05) is 6.54 Å². The molecule has 0 saturated heterocycles. The molecule has 0 aliphatic heterocycles. The summed E-state index contributed by atoms with van der Waals surface area (Å²) in [7, 11) is 0. The molecule has 0 aliphatic carbocycles. The third-order valence-corrected chi connectivity index (χ3v) is 1.51. The lowest BCUT2D eigenvalue weighted by Crippen LogP contribution is -2.44. The molecule has 1 unspecified atom stereocenters. The average molecular weight is 245 g/mol. The van der Waals surface area contributed by atoms with Crippen molar-refractivity contribution in [2.45, 2.75) is 18.7 Å². The molecule has 5 nitrogen and oxygen atoms in total. The number of halogens is 3. The first-order valence-corrected chi connectivity index (χ1v) is 4.41. The van der Waals surface area contributed by atoms with E-state index in [0.717, 1.165) is 0 Å². The van der Waals surface area contributed by atoms with E-state index in [2.05, 4.69) is 10.1 Å². The SMILES string of the molecule is CC(O)(CO)CNC(=O)COCC(F)(F)F. The van der Waals surface area contributed by atoms with Crippen molar-refractivity contribution in [1.29, 1.82) is 0 Å². The first kappa shape index (κ1) is 15.1. The standard InChI is InChI=1S/C8H14F3NO4/c1-7(15,4-13)3-12-6(14)2-16-5-8(9,10)11/h13,15H,2-5H2,1H3,(H,12,14). The highest BCUT2D eigenvalue weighted by Gasteiger charge is 2.28. The van der Waals surface area contributed by atoms with Gasteiger partial charge in [-0.15, -0.1) is 0 Å². The van der Waals surface area contributed by atoms with Gasteiger partial charge < -0.3 is 20.3 Å². The smallest absolute Gasteiger partial charge is 0.393 e. The van der Waals surface area contributed by atoms with Crippen LogP contribution >= 0.6 is 0 Å². The van der Waals surface area contributed by atoms with Gasteiger partial charge in [0.2, 0.25) is 5.91 Å². The Hall–Kier alpha value is -0.860. The van der Waals surface area contributed by atoms with Gasteiger partial charge in [0.1, 0.15) is 18.8 Å². The Morgan fingerprint density at radius 2 is 2.00 bits per heavy atom. The number of ether oxygens (including phenoxy) is 1. The Bertz CT molecular complexity index is 230. The molecule has 0 aromatic carbocycles. The molecule has 0 aromatic rings. The highest BCUT2D eigenvalue weighted by Crippen LogP contribution is 2.14. The quantitative estimate of drug-likeness (QED) is 0.585. The second kappa shape index (κ2) is 6.02. The number of carbonyl (C=O) groups excluding carboxylic acids is 1. The predicted molar refractivity (Wildman–Crippen MR) is 47.6 cm³/mol. The number of hydrogen-bond acceptors (Lipinski definition) is 4. The number of hydrogen-bond donors (Lipinski definition) is 3. The molecule has 0 radical (unpaired) electrons. The molecule has 0 fully saturated rings. The lowest BCUT2D eigenvalue weighted by molar-refractivity contribution is -0.175. The van der Waals surface area contributed by atoms with Crippen molar-refractivity contribution >= 4 is 5.91 Å². The molecule has 0 aromatic heterocycles. The molecule has 1 atom stereocenters. The van der Waals surface area contributed by atoms with Crippen LogP contribution in [0.2, 0.25) is 0 Å². The summed E-state index contributed by atoms with van der Waals surface area (Å²) in [6.45, 7) is -1.82. The summed E-state index contributed by atoms with van der Waals surface area (Å²) >= 11 is 0. The van der Waals surface area contributed by atoms with Crippen LogP contribution in [0, 0.1) is 0 Å². The third-order valence-electron chi connectivity index (χ3n) is 1.51. The van der Waals surface area contributed by atoms with E-state index in [1.165, 1.54) is 6.92 Å². The van der Waals surface area contributed by atoms with Crippen molar-refractivity contribution in [2.24, 2.45) is 0 Å². The summed E-state index contributed by atoms with van der Waals surface area (Å²) < 4.78 is 38.9. The highest BCUT2D eigenvalue weighted by atomic mass is 19.4. The van der Waals surface area contributed by atoms with Gasteiger partial charge in [-0.2, -0.15) is 13.2 Å². The van der Waals surface area contributed by atoms with Crippen LogP contribution in [-0.4, -0.2) is 54.3 Å². The van der Waals surface area contributed by atoms with Crippen LogP contribution in [0.3, 0.4) is 0 Å². The zero-order chi connectivity index (χ0) is 12.8. The molecule has 3 N–H and O–H groups in total. The second-order valence-electron chi connectivity index (χ2n) is 3.54. The fourth-order valence-corrected chi connectivity index (χ4v) is 0.655. The van der Waals surface area contributed by atoms with Crippen molar-refractivity contribution in [3.8, 4) is 0 Å². The number of nitrogens with one attached hydrogen (secondary N) is 1. The number of alkyl halides is 3. The zero-order valence-corrected chi connectivity index (χ0v) is 8.67. The summed E-state index contributed by atoms with van der Waals surface area (Å²) in [5.74, 6) is -0.794. The van der Waals surface area contributed by atoms with Crippen molar-refractivity contribution in [1.82, 2.24) is 5.32 Å². The molecule has 96 valence electrons. The predicted octanol–water partition coefficient (Wildman–Crippen LogP) is -0.575. The van der Waals surface area contributed by atoms with Crippen molar-refractivity contribution in [3.05, 3.63) is 0 Å². The van der Waals surface area contributed by atoms with Gasteiger partial charge in [-0.25, -0.2) is 0 Å². The van der Waals surface area contributed by atoms with E-state index >= 15 is 0 Å². The largest absolute Gasteiger partial charge is 0.411 e. The molecule has 0 bridgehead atoms. The van der Waals surface area contributed by atoms with Gasteiger partial charge in [0.05, 0.1) is 6.61 Å². The third kappa shape index (κ3) is 8.45. The number of amides is 1. The lowest BCUT2D eigenvalue weighted by atomic mass is 10.1. The molecule has 1 amide bonds. The Balaban J connectivity index is 3.68. The van der Waals surface area contributed by atoms with Gasteiger partial charge in [-0.1, -0.05) is 0 Å². The Morgan fingerprint density at radius 1 is 1.44 bits per heavy atom. The summed E-state index contributed by atoms with van der Waals surface area (Å²) in [5, 5.41) is 20.0. The molecule has 0 spiro atoms. The number of aliphatic hydroxyl groups excluding tert-OH is 1. The van der Waals surface area contributed by atoms with Crippen LogP contribution in [-0.2, 0) is 9.53 Å². The average Bonchev–Trinajstić information content (AvgIpc) is 2.13. The first-order chi connectivity index (χ1) is 7.16. The summed E-state index contributed by atoms with van der Waals surface area (Å²) in [4.78, 5) is 10.9. The van der Waals surface area contributed by atoms with Crippen LogP contribution in [0.1, 0.15) is 6.92 Å². The van der Waals surface area contributed by atoms with E-state index in [-0.39, 0.29) is 6.54 Å². The summed E-state index contributed by atoms with van der Waals surface area (Å²) in [6, 6.07) is 0. The summed E-state index contributed by atoms with van der Waals surface area (Å²) in [6.07, 6.45) is -4.48. The highest BCUT2D eigenvalue weighted by molar-refractivity contribution is 5.77. The Labute approximate surface area is 90.2 Å². The number of carbonyl (C=O) groups is 1. The topological polar surface area (TPSA) is 78.8 Å². The fraction of sp³-hybridized carbons (Fsp3) is 0.875. The number of aliphatic hydroxyl groups is 2. The molecule has 0 saturated carbocycles. The minimum Gasteiger partial charge on any atom is -0.393 e. The molecule has 16 heavy (non-hydrogen) atoms. The second-order valence-corrected chi connectivity index (χ2v) is 3.54. The zero-order valence-electron chi connectivity index (χ0n) is 8.67. The van der Waals surface area contributed by atoms with E-state index in [1.807, 2.05) is 0 Å². The van der Waals surface area contributed by atoms with Crippen molar-refractivity contribution < 1.29 is 32.9 Å². The van der Waals surface area contributed by atoms with E-state index < -0.39 is 37.5 Å². The normalized spacial score (nSPS) is 15.6. The van der Waals surface area contributed by atoms with Gasteiger partial charge >= 0.3 is 6.18 Å². The van der Waals surface area contributed by atoms with Crippen LogP contribution in [0.15, 0.2) is 0 Å². The minimum absolute atomic E-state index is 0.266. The van der Waals surface area contributed by atoms with Gasteiger partial charge in [0.25, 0.3) is 0 Å². The Morgan fingerprint density at radius 3 is 2.44 bits per heavy atom. The van der Waals surface area contributed by atoms with Gasteiger partial charge in [0.15, 0.2) is 0 Å². The summed E-state index contributed by atoms with van der Waals surface area (Å²) in [5.41, 5.74) is -1.50.